The molecule has 16 heavy (non-hydrogen) atoms. The van der Waals surface area contributed by atoms with Crippen molar-refractivity contribution in [1.29, 1.82) is 0 Å². The van der Waals surface area contributed by atoms with E-state index in [1.54, 1.807) is 0 Å². The molecule has 1 heterocycles. The van der Waals surface area contributed by atoms with Crippen LogP contribution in [0.4, 0.5) is 0 Å². The third-order valence-electron chi connectivity index (χ3n) is 2.49. The van der Waals surface area contributed by atoms with Crippen LogP contribution in [0.5, 0.6) is 0 Å². The van der Waals surface area contributed by atoms with E-state index in [1.165, 1.54) is 0 Å². The molecule has 0 atom stereocenters. The molecular formula is C12H14ClN3. The van der Waals surface area contributed by atoms with Gasteiger partial charge in [-0.1, -0.05) is 11.6 Å². The van der Waals surface area contributed by atoms with Gasteiger partial charge in [0, 0.05) is 29.1 Å². The first-order valence-electron chi connectivity index (χ1n) is 5.28. The molecule has 4 heteroatoms. The lowest BCUT2D eigenvalue weighted by Gasteiger charge is -2.05. The van der Waals surface area contributed by atoms with E-state index in [0.29, 0.717) is 0 Å². The molecule has 2 aromatic rings. The van der Waals surface area contributed by atoms with E-state index in [2.05, 4.69) is 15.3 Å². The van der Waals surface area contributed by atoms with Crippen LogP contribution in [-0.4, -0.2) is 23.6 Å². The van der Waals surface area contributed by atoms with Crippen molar-refractivity contribution < 1.29 is 0 Å². The third-order valence-corrected chi connectivity index (χ3v) is 2.73. The third kappa shape index (κ3) is 2.31. The molecule has 0 radical (unpaired) electrons. The normalized spacial score (nSPS) is 10.9. The number of aryl methyl sites for hydroxylation is 1. The Labute approximate surface area is 99.9 Å². The predicted molar refractivity (Wildman–Crippen MR) is 66.9 cm³/mol. The van der Waals surface area contributed by atoms with Gasteiger partial charge in [0.05, 0.1) is 5.52 Å². The maximum atomic E-state index is 5.95. The van der Waals surface area contributed by atoms with Crippen LogP contribution in [-0.2, 0) is 6.42 Å². The first-order chi connectivity index (χ1) is 7.70. The van der Waals surface area contributed by atoms with Crippen LogP contribution in [0.1, 0.15) is 11.5 Å². The summed E-state index contributed by atoms with van der Waals surface area (Å²) in [6.45, 7) is 2.88. The summed E-state index contributed by atoms with van der Waals surface area (Å²) in [5.74, 6) is 0.877. The zero-order chi connectivity index (χ0) is 11.5. The molecule has 0 unspecified atom stereocenters. The smallest absolute Gasteiger partial charge is 0.130 e. The lowest BCUT2D eigenvalue weighted by molar-refractivity contribution is 0.756. The van der Waals surface area contributed by atoms with Crippen molar-refractivity contribution >= 4 is 22.5 Å². The molecule has 0 fully saturated rings. The zero-order valence-electron chi connectivity index (χ0n) is 9.42. The number of hydrogen-bond acceptors (Lipinski definition) is 3. The van der Waals surface area contributed by atoms with E-state index in [9.17, 15) is 0 Å². The van der Waals surface area contributed by atoms with E-state index < -0.39 is 0 Å². The Kier molecular flexibility index (Phi) is 3.36. The summed E-state index contributed by atoms with van der Waals surface area (Å²) < 4.78 is 0. The maximum absolute atomic E-state index is 5.95. The predicted octanol–water partition coefficient (Wildman–Crippen LogP) is 2.35. The number of nitrogens with one attached hydrogen (secondary N) is 1. The summed E-state index contributed by atoms with van der Waals surface area (Å²) in [6, 6.07) is 5.71. The highest BCUT2D eigenvalue weighted by molar-refractivity contribution is 6.31. The topological polar surface area (TPSA) is 37.8 Å². The van der Waals surface area contributed by atoms with Crippen LogP contribution in [0.2, 0.25) is 5.02 Å². The molecule has 1 aromatic carbocycles. The summed E-state index contributed by atoms with van der Waals surface area (Å²) >= 11 is 5.95. The first kappa shape index (κ1) is 11.3. The molecule has 3 nitrogen and oxygen atoms in total. The number of benzene rings is 1. The molecule has 2 rings (SSSR count). The monoisotopic (exact) mass is 235 g/mol. The maximum Gasteiger partial charge on any atom is 0.130 e. The van der Waals surface area contributed by atoms with E-state index in [-0.39, 0.29) is 0 Å². The van der Waals surface area contributed by atoms with E-state index in [0.717, 1.165) is 40.4 Å². The molecule has 0 saturated carbocycles. The van der Waals surface area contributed by atoms with Crippen molar-refractivity contribution in [2.24, 2.45) is 0 Å². The summed E-state index contributed by atoms with van der Waals surface area (Å²) in [4.78, 5) is 8.98. The van der Waals surface area contributed by atoms with Crippen LogP contribution in [0.3, 0.4) is 0 Å². The SMILES string of the molecule is CNCCc1nc(C)c2cc(Cl)ccc2n1. The Morgan fingerprint density at radius 3 is 2.88 bits per heavy atom. The molecule has 0 aliphatic carbocycles. The van der Waals surface area contributed by atoms with Gasteiger partial charge in [-0.2, -0.15) is 0 Å². The van der Waals surface area contributed by atoms with Crippen molar-refractivity contribution in [2.75, 3.05) is 13.6 Å². The highest BCUT2D eigenvalue weighted by Gasteiger charge is 2.04. The molecule has 1 N–H and O–H groups in total. The van der Waals surface area contributed by atoms with Gasteiger partial charge in [0.2, 0.25) is 0 Å². The van der Waals surface area contributed by atoms with Crippen molar-refractivity contribution in [2.45, 2.75) is 13.3 Å². The zero-order valence-corrected chi connectivity index (χ0v) is 10.2. The molecule has 0 bridgehead atoms. The summed E-state index contributed by atoms with van der Waals surface area (Å²) in [5, 5.41) is 4.84. The van der Waals surface area contributed by atoms with Gasteiger partial charge >= 0.3 is 0 Å². The Hall–Kier alpha value is -1.19. The number of fused-ring (bicyclic) bond motifs is 1. The van der Waals surface area contributed by atoms with Gasteiger partial charge in [-0.15, -0.1) is 0 Å². The van der Waals surface area contributed by atoms with Crippen LogP contribution < -0.4 is 5.32 Å². The fourth-order valence-electron chi connectivity index (χ4n) is 1.66. The number of nitrogens with zero attached hydrogens (tertiary/aromatic N) is 2. The van der Waals surface area contributed by atoms with Gasteiger partial charge in [0.15, 0.2) is 0 Å². The van der Waals surface area contributed by atoms with Crippen LogP contribution >= 0.6 is 11.6 Å². The van der Waals surface area contributed by atoms with E-state index in [1.807, 2.05) is 32.2 Å². The largest absolute Gasteiger partial charge is 0.319 e. The highest BCUT2D eigenvalue weighted by atomic mass is 35.5. The standard InChI is InChI=1S/C12H14ClN3/c1-8-10-7-9(13)3-4-11(10)16-12(15-8)5-6-14-2/h3-4,7,14H,5-6H2,1-2H3. The summed E-state index contributed by atoms with van der Waals surface area (Å²) in [6.07, 6.45) is 0.843. The average molecular weight is 236 g/mol. The van der Waals surface area contributed by atoms with Crippen LogP contribution in [0.15, 0.2) is 18.2 Å². The lowest BCUT2D eigenvalue weighted by atomic mass is 10.2. The van der Waals surface area contributed by atoms with Gasteiger partial charge in [-0.25, -0.2) is 9.97 Å². The molecule has 0 amide bonds. The molecule has 0 aliphatic rings. The fourth-order valence-corrected chi connectivity index (χ4v) is 1.83. The summed E-state index contributed by atoms with van der Waals surface area (Å²) in [7, 11) is 1.92. The molecular weight excluding hydrogens is 222 g/mol. The molecule has 0 aliphatic heterocycles. The fraction of sp³-hybridized carbons (Fsp3) is 0.333. The number of halogens is 1. The van der Waals surface area contributed by atoms with E-state index >= 15 is 0 Å². The second-order valence-electron chi connectivity index (χ2n) is 3.74. The van der Waals surface area contributed by atoms with Crippen LogP contribution in [0.25, 0.3) is 10.9 Å². The Bertz CT molecular complexity index is 511. The van der Waals surface area contributed by atoms with Crippen molar-refractivity contribution in [3.8, 4) is 0 Å². The van der Waals surface area contributed by atoms with Gasteiger partial charge in [-0.3, -0.25) is 0 Å². The van der Waals surface area contributed by atoms with Gasteiger partial charge in [-0.05, 0) is 32.2 Å². The number of hydrogen-bond donors (Lipinski definition) is 1. The molecule has 84 valence electrons. The van der Waals surface area contributed by atoms with Crippen molar-refractivity contribution in [3.05, 3.63) is 34.7 Å². The summed E-state index contributed by atoms with van der Waals surface area (Å²) in [5.41, 5.74) is 1.95. The van der Waals surface area contributed by atoms with Crippen molar-refractivity contribution in [1.82, 2.24) is 15.3 Å². The Morgan fingerprint density at radius 1 is 1.31 bits per heavy atom. The van der Waals surface area contributed by atoms with E-state index in [4.69, 9.17) is 11.6 Å². The van der Waals surface area contributed by atoms with Gasteiger partial charge in [0.25, 0.3) is 0 Å². The lowest BCUT2D eigenvalue weighted by Crippen LogP contribution is -2.12. The average Bonchev–Trinajstić information content (AvgIpc) is 2.27. The molecule has 0 saturated heterocycles. The Balaban J connectivity index is 2.46. The molecule has 1 aromatic heterocycles. The van der Waals surface area contributed by atoms with Crippen molar-refractivity contribution in [3.63, 3.8) is 0 Å². The van der Waals surface area contributed by atoms with Crippen LogP contribution in [0, 0.1) is 6.92 Å². The molecule has 0 spiro atoms. The minimum atomic E-state index is 0.724. The van der Waals surface area contributed by atoms with Gasteiger partial charge in [0.1, 0.15) is 5.82 Å². The second kappa shape index (κ2) is 4.76. The quantitative estimate of drug-likeness (QED) is 0.888. The minimum absolute atomic E-state index is 0.724. The highest BCUT2D eigenvalue weighted by Crippen LogP contribution is 2.20. The number of aromatic nitrogens is 2. The number of likely N-dealkylation sites (N-methyl/N-ethyl adjacent to an activating group) is 1. The van der Waals surface area contributed by atoms with Gasteiger partial charge < -0.3 is 5.32 Å². The first-order valence-corrected chi connectivity index (χ1v) is 5.66. The second-order valence-corrected chi connectivity index (χ2v) is 4.18. The Morgan fingerprint density at radius 2 is 2.12 bits per heavy atom. The minimum Gasteiger partial charge on any atom is -0.319 e. The number of rotatable bonds is 3.